The van der Waals surface area contributed by atoms with Gasteiger partial charge in [-0.05, 0) is 40.0 Å². The van der Waals surface area contributed by atoms with Crippen LogP contribution in [-0.4, -0.2) is 39.9 Å². The van der Waals surface area contributed by atoms with Gasteiger partial charge in [0.1, 0.15) is 5.60 Å². The zero-order chi connectivity index (χ0) is 12.8. The maximum absolute atomic E-state index is 12.1. The number of rotatable bonds is 0. The van der Waals surface area contributed by atoms with Gasteiger partial charge in [0.2, 0.25) is 0 Å². The van der Waals surface area contributed by atoms with Crippen LogP contribution in [0.25, 0.3) is 0 Å². The third-order valence-corrected chi connectivity index (χ3v) is 3.88. The first kappa shape index (κ1) is 12.7. The molecular weight excluding hydrogens is 218 g/mol. The third-order valence-electron chi connectivity index (χ3n) is 3.88. The zero-order valence-electron chi connectivity index (χ0n) is 11.1. The molecule has 2 heterocycles. The number of carbonyl (C=O) groups excluding carboxylic acids is 1. The van der Waals surface area contributed by atoms with E-state index in [1.807, 2.05) is 32.6 Å². The van der Waals surface area contributed by atoms with Crippen LogP contribution in [0.3, 0.4) is 0 Å². The van der Waals surface area contributed by atoms with Gasteiger partial charge in [0.15, 0.2) is 0 Å². The molecule has 0 aromatic heterocycles. The first-order chi connectivity index (χ1) is 7.79. The minimum atomic E-state index is -0.449. The van der Waals surface area contributed by atoms with Crippen molar-refractivity contribution in [2.45, 2.75) is 70.7 Å². The van der Waals surface area contributed by atoms with Gasteiger partial charge in [-0.15, -0.1) is 0 Å². The second kappa shape index (κ2) is 4.16. The molecule has 2 fully saturated rings. The summed E-state index contributed by atoms with van der Waals surface area (Å²) in [6.07, 6.45) is 2.18. The topological polar surface area (TPSA) is 49.8 Å². The number of piperidine rings is 1. The van der Waals surface area contributed by atoms with E-state index >= 15 is 0 Å². The molecule has 2 unspecified atom stereocenters. The smallest absolute Gasteiger partial charge is 0.410 e. The number of carbonyl (C=O) groups is 1. The highest BCUT2D eigenvalue weighted by Gasteiger charge is 2.48. The number of ether oxygens (including phenoxy) is 1. The van der Waals surface area contributed by atoms with Crippen molar-refractivity contribution in [3.63, 3.8) is 0 Å². The maximum Gasteiger partial charge on any atom is 0.410 e. The summed E-state index contributed by atoms with van der Waals surface area (Å²) in [6.45, 7) is 7.67. The van der Waals surface area contributed by atoms with E-state index in [2.05, 4.69) is 0 Å². The Morgan fingerprint density at radius 2 is 2.00 bits per heavy atom. The molecule has 2 aliphatic rings. The monoisotopic (exact) mass is 241 g/mol. The van der Waals surface area contributed by atoms with Crippen LogP contribution in [-0.2, 0) is 4.74 Å². The van der Waals surface area contributed by atoms with Gasteiger partial charge >= 0.3 is 6.09 Å². The third kappa shape index (κ3) is 2.41. The van der Waals surface area contributed by atoms with Crippen molar-refractivity contribution < 1.29 is 14.6 Å². The van der Waals surface area contributed by atoms with Crippen molar-refractivity contribution in [2.75, 3.05) is 0 Å². The van der Waals surface area contributed by atoms with E-state index < -0.39 is 5.60 Å². The van der Waals surface area contributed by atoms with Gasteiger partial charge in [0, 0.05) is 18.0 Å². The largest absolute Gasteiger partial charge is 0.444 e. The Bertz CT molecular complexity index is 310. The molecule has 98 valence electrons. The van der Waals surface area contributed by atoms with E-state index in [1.54, 1.807) is 0 Å². The number of nitrogens with zero attached hydrogens (tertiary/aromatic N) is 1. The fourth-order valence-electron chi connectivity index (χ4n) is 3.01. The Balaban J connectivity index is 2.10. The van der Waals surface area contributed by atoms with Crippen LogP contribution in [0.1, 0.15) is 47.0 Å². The van der Waals surface area contributed by atoms with Crippen LogP contribution in [0.5, 0.6) is 0 Å². The summed E-state index contributed by atoms with van der Waals surface area (Å²) < 4.78 is 5.45. The van der Waals surface area contributed by atoms with Gasteiger partial charge in [-0.3, -0.25) is 0 Å². The SMILES string of the molecule is C[C@@H]1C(O)C[C@@H]2CCC1N2C(=O)OC(C)(C)C. The minimum Gasteiger partial charge on any atom is -0.444 e. The highest BCUT2D eigenvalue weighted by atomic mass is 16.6. The van der Waals surface area contributed by atoms with Crippen LogP contribution in [0.2, 0.25) is 0 Å². The van der Waals surface area contributed by atoms with Crippen molar-refractivity contribution >= 4 is 6.09 Å². The lowest BCUT2D eigenvalue weighted by Gasteiger charge is -2.41. The molecule has 0 spiro atoms. The number of amides is 1. The molecule has 4 heteroatoms. The van der Waals surface area contributed by atoms with Crippen LogP contribution in [0, 0.1) is 5.92 Å². The van der Waals surface area contributed by atoms with Gasteiger partial charge in [-0.2, -0.15) is 0 Å². The van der Waals surface area contributed by atoms with Gasteiger partial charge in [-0.1, -0.05) is 6.92 Å². The average Bonchev–Trinajstić information content (AvgIpc) is 2.51. The van der Waals surface area contributed by atoms with Gasteiger partial charge in [-0.25, -0.2) is 4.79 Å². The molecule has 4 atom stereocenters. The molecule has 0 radical (unpaired) electrons. The Labute approximate surface area is 103 Å². The highest BCUT2D eigenvalue weighted by Crippen LogP contribution is 2.39. The zero-order valence-corrected chi connectivity index (χ0v) is 11.1. The summed E-state index contributed by atoms with van der Waals surface area (Å²) in [5.74, 6) is 0.154. The van der Waals surface area contributed by atoms with Gasteiger partial charge in [0.25, 0.3) is 0 Å². The molecule has 2 bridgehead atoms. The quantitative estimate of drug-likeness (QED) is 0.707. The molecule has 0 aliphatic carbocycles. The molecule has 0 aromatic carbocycles. The Morgan fingerprint density at radius 1 is 1.35 bits per heavy atom. The molecule has 1 N–H and O–H groups in total. The fourth-order valence-corrected chi connectivity index (χ4v) is 3.01. The first-order valence-electron chi connectivity index (χ1n) is 6.49. The van der Waals surface area contributed by atoms with Crippen LogP contribution >= 0.6 is 0 Å². The predicted octanol–water partition coefficient (Wildman–Crippen LogP) is 2.16. The molecule has 2 saturated heterocycles. The van der Waals surface area contributed by atoms with E-state index in [9.17, 15) is 9.90 Å². The van der Waals surface area contributed by atoms with Crippen LogP contribution in [0.4, 0.5) is 4.79 Å². The lowest BCUT2D eigenvalue weighted by Crippen LogP contribution is -2.53. The molecule has 1 amide bonds. The Kier molecular flexibility index (Phi) is 3.10. The Morgan fingerprint density at radius 3 is 2.59 bits per heavy atom. The van der Waals surface area contributed by atoms with Crippen molar-refractivity contribution in [1.29, 1.82) is 0 Å². The standard InChI is InChI=1S/C13H23NO3/c1-8-10-6-5-9(7-11(8)15)14(10)12(16)17-13(2,3)4/h8-11,15H,5-7H2,1-4H3/t8-,9-,10?,11?/m0/s1. The van der Waals surface area contributed by atoms with Crippen molar-refractivity contribution in [1.82, 2.24) is 4.90 Å². The van der Waals surface area contributed by atoms with Crippen molar-refractivity contribution in [3.8, 4) is 0 Å². The van der Waals surface area contributed by atoms with Crippen molar-refractivity contribution in [2.24, 2.45) is 5.92 Å². The highest BCUT2D eigenvalue weighted by molar-refractivity contribution is 5.69. The number of aliphatic hydroxyl groups is 1. The molecule has 0 saturated carbocycles. The van der Waals surface area contributed by atoms with Crippen LogP contribution in [0.15, 0.2) is 0 Å². The maximum atomic E-state index is 12.1. The molecule has 0 aromatic rings. The second-order valence-corrected chi connectivity index (χ2v) is 6.35. The molecule has 2 rings (SSSR count). The number of hydrogen-bond acceptors (Lipinski definition) is 3. The van der Waals surface area contributed by atoms with E-state index in [4.69, 9.17) is 4.74 Å². The van der Waals surface area contributed by atoms with Crippen LogP contribution < -0.4 is 0 Å². The number of aliphatic hydroxyl groups excluding tert-OH is 1. The lowest BCUT2D eigenvalue weighted by molar-refractivity contribution is -0.0331. The van der Waals surface area contributed by atoms with E-state index in [-0.39, 0.29) is 30.2 Å². The Hall–Kier alpha value is -0.770. The number of fused-ring (bicyclic) bond motifs is 2. The minimum absolute atomic E-state index is 0.151. The van der Waals surface area contributed by atoms with Gasteiger partial charge in [0.05, 0.1) is 6.10 Å². The molecule has 4 nitrogen and oxygen atoms in total. The van der Waals surface area contributed by atoms with Crippen molar-refractivity contribution in [3.05, 3.63) is 0 Å². The normalized spacial score (nSPS) is 37.1. The lowest BCUT2D eigenvalue weighted by atomic mass is 9.89. The summed E-state index contributed by atoms with van der Waals surface area (Å²) in [5, 5.41) is 9.91. The molecule has 2 aliphatic heterocycles. The summed E-state index contributed by atoms with van der Waals surface area (Å²) in [4.78, 5) is 14.0. The van der Waals surface area contributed by atoms with E-state index in [1.165, 1.54) is 0 Å². The summed E-state index contributed by atoms with van der Waals surface area (Å²) in [6, 6.07) is 0.319. The molecular formula is C13H23NO3. The fraction of sp³-hybridized carbons (Fsp3) is 0.923. The predicted molar refractivity (Wildman–Crippen MR) is 64.7 cm³/mol. The number of hydrogen-bond donors (Lipinski definition) is 1. The summed E-state index contributed by atoms with van der Waals surface area (Å²) in [5.41, 5.74) is -0.449. The molecule has 17 heavy (non-hydrogen) atoms. The van der Waals surface area contributed by atoms with E-state index in [0.29, 0.717) is 6.42 Å². The van der Waals surface area contributed by atoms with Gasteiger partial charge < -0.3 is 14.7 Å². The first-order valence-corrected chi connectivity index (χ1v) is 6.49. The van der Waals surface area contributed by atoms with E-state index in [0.717, 1.165) is 12.8 Å². The average molecular weight is 241 g/mol. The summed E-state index contributed by atoms with van der Waals surface area (Å²) in [7, 11) is 0. The summed E-state index contributed by atoms with van der Waals surface area (Å²) >= 11 is 0. The second-order valence-electron chi connectivity index (χ2n) is 6.35.